The van der Waals surface area contributed by atoms with Crippen molar-refractivity contribution in [3.63, 3.8) is 0 Å². The lowest BCUT2D eigenvalue weighted by Crippen LogP contribution is -2.29. The van der Waals surface area contributed by atoms with Gasteiger partial charge in [0, 0.05) is 26.0 Å². The number of rotatable bonds is 5. The van der Waals surface area contributed by atoms with Gasteiger partial charge in [0.25, 0.3) is 5.91 Å². The van der Waals surface area contributed by atoms with Crippen molar-refractivity contribution < 1.29 is 14.3 Å². The molecule has 16 heavy (non-hydrogen) atoms. The summed E-state index contributed by atoms with van der Waals surface area (Å²) in [5, 5.41) is 0. The van der Waals surface area contributed by atoms with E-state index in [1.165, 1.54) is 4.90 Å². The van der Waals surface area contributed by atoms with Gasteiger partial charge in [0.05, 0.1) is 18.6 Å². The SMILES string of the molecule is CCOC(=O)CCN(C)C(=O)c1cc[nH]c1. The Balaban J connectivity index is 2.38. The van der Waals surface area contributed by atoms with Gasteiger partial charge in [-0.3, -0.25) is 9.59 Å². The minimum Gasteiger partial charge on any atom is -0.466 e. The van der Waals surface area contributed by atoms with Crippen LogP contribution in [0.15, 0.2) is 18.5 Å². The van der Waals surface area contributed by atoms with Crippen molar-refractivity contribution in [2.45, 2.75) is 13.3 Å². The van der Waals surface area contributed by atoms with Crippen LogP contribution in [0.1, 0.15) is 23.7 Å². The van der Waals surface area contributed by atoms with Crippen molar-refractivity contribution in [2.24, 2.45) is 0 Å². The summed E-state index contributed by atoms with van der Waals surface area (Å²) in [4.78, 5) is 27.1. The molecule has 0 saturated heterocycles. The molecular formula is C11H16N2O3. The molecule has 1 amide bonds. The second kappa shape index (κ2) is 5.95. The number of esters is 1. The quantitative estimate of drug-likeness (QED) is 0.760. The molecule has 5 heteroatoms. The van der Waals surface area contributed by atoms with Crippen LogP contribution in [0.2, 0.25) is 0 Å². The van der Waals surface area contributed by atoms with Gasteiger partial charge in [-0.2, -0.15) is 0 Å². The molecule has 0 aliphatic heterocycles. The number of aromatic nitrogens is 1. The summed E-state index contributed by atoms with van der Waals surface area (Å²) in [5.74, 6) is -0.387. The third kappa shape index (κ3) is 3.42. The van der Waals surface area contributed by atoms with E-state index in [2.05, 4.69) is 4.98 Å². The molecule has 1 N–H and O–H groups in total. The van der Waals surface area contributed by atoms with Gasteiger partial charge in [0.2, 0.25) is 0 Å². The number of carbonyl (C=O) groups excluding carboxylic acids is 2. The van der Waals surface area contributed by atoms with E-state index in [1.807, 2.05) is 0 Å². The molecule has 0 aliphatic rings. The predicted octanol–water partition coefficient (Wildman–Crippen LogP) is 1.04. The fraction of sp³-hybridized carbons (Fsp3) is 0.455. The molecule has 0 fully saturated rings. The number of ether oxygens (including phenoxy) is 1. The van der Waals surface area contributed by atoms with Crippen molar-refractivity contribution >= 4 is 11.9 Å². The Morgan fingerprint density at radius 3 is 2.81 bits per heavy atom. The zero-order chi connectivity index (χ0) is 12.0. The number of nitrogens with one attached hydrogen (secondary N) is 1. The van der Waals surface area contributed by atoms with Gasteiger partial charge in [-0.1, -0.05) is 0 Å². The van der Waals surface area contributed by atoms with Gasteiger partial charge in [0.1, 0.15) is 0 Å². The lowest BCUT2D eigenvalue weighted by molar-refractivity contribution is -0.143. The molecule has 1 aromatic rings. The van der Waals surface area contributed by atoms with E-state index in [0.29, 0.717) is 18.7 Å². The first kappa shape index (κ1) is 12.3. The Morgan fingerprint density at radius 2 is 2.25 bits per heavy atom. The first-order valence-electron chi connectivity index (χ1n) is 5.19. The van der Waals surface area contributed by atoms with Crippen molar-refractivity contribution in [3.8, 4) is 0 Å². The number of hydrogen-bond donors (Lipinski definition) is 1. The molecule has 0 atom stereocenters. The van der Waals surface area contributed by atoms with E-state index in [0.717, 1.165) is 0 Å². The first-order valence-corrected chi connectivity index (χ1v) is 5.19. The van der Waals surface area contributed by atoms with Crippen LogP contribution >= 0.6 is 0 Å². The van der Waals surface area contributed by atoms with E-state index in [1.54, 1.807) is 32.4 Å². The number of amides is 1. The second-order valence-electron chi connectivity index (χ2n) is 3.38. The molecule has 0 aliphatic carbocycles. The Bertz CT molecular complexity index is 346. The number of hydrogen-bond acceptors (Lipinski definition) is 3. The van der Waals surface area contributed by atoms with E-state index in [9.17, 15) is 9.59 Å². The summed E-state index contributed by atoms with van der Waals surface area (Å²) in [6.07, 6.45) is 3.54. The molecule has 88 valence electrons. The average molecular weight is 224 g/mol. The van der Waals surface area contributed by atoms with E-state index >= 15 is 0 Å². The molecule has 1 aromatic heterocycles. The average Bonchev–Trinajstić information content (AvgIpc) is 2.78. The van der Waals surface area contributed by atoms with Gasteiger partial charge < -0.3 is 14.6 Å². The minimum absolute atomic E-state index is 0.106. The monoisotopic (exact) mass is 224 g/mol. The summed E-state index contributed by atoms with van der Waals surface area (Å²) >= 11 is 0. The molecular weight excluding hydrogens is 208 g/mol. The summed E-state index contributed by atoms with van der Waals surface area (Å²) in [6.45, 7) is 2.49. The van der Waals surface area contributed by atoms with Crippen LogP contribution in [0, 0.1) is 0 Å². The summed E-state index contributed by atoms with van der Waals surface area (Å²) in [5.41, 5.74) is 0.589. The third-order valence-corrected chi connectivity index (χ3v) is 2.15. The zero-order valence-electron chi connectivity index (χ0n) is 9.53. The van der Waals surface area contributed by atoms with Crippen LogP contribution in [0.25, 0.3) is 0 Å². The standard InChI is InChI=1S/C11H16N2O3/c1-3-16-10(14)5-7-13(2)11(15)9-4-6-12-8-9/h4,6,8,12H,3,5,7H2,1-2H3. The largest absolute Gasteiger partial charge is 0.466 e. The molecule has 0 bridgehead atoms. The molecule has 0 radical (unpaired) electrons. The van der Waals surface area contributed by atoms with Gasteiger partial charge in [0.15, 0.2) is 0 Å². The number of aromatic amines is 1. The summed E-state index contributed by atoms with van der Waals surface area (Å²) in [7, 11) is 1.66. The fourth-order valence-corrected chi connectivity index (χ4v) is 1.27. The molecule has 0 aromatic carbocycles. The summed E-state index contributed by atoms with van der Waals surface area (Å²) in [6, 6.07) is 1.70. The lowest BCUT2D eigenvalue weighted by Gasteiger charge is -2.15. The molecule has 0 saturated carbocycles. The van der Waals surface area contributed by atoms with E-state index < -0.39 is 0 Å². The van der Waals surface area contributed by atoms with Crippen LogP contribution < -0.4 is 0 Å². The van der Waals surface area contributed by atoms with Gasteiger partial charge >= 0.3 is 5.97 Å². The highest BCUT2D eigenvalue weighted by Gasteiger charge is 2.13. The topological polar surface area (TPSA) is 62.4 Å². The highest BCUT2D eigenvalue weighted by molar-refractivity contribution is 5.94. The van der Waals surface area contributed by atoms with Gasteiger partial charge in [-0.15, -0.1) is 0 Å². The Kier molecular flexibility index (Phi) is 4.57. The maximum absolute atomic E-state index is 11.7. The third-order valence-electron chi connectivity index (χ3n) is 2.15. The second-order valence-corrected chi connectivity index (χ2v) is 3.38. The molecule has 1 heterocycles. The predicted molar refractivity (Wildman–Crippen MR) is 59.0 cm³/mol. The maximum Gasteiger partial charge on any atom is 0.307 e. The number of carbonyl (C=O) groups is 2. The molecule has 0 unspecified atom stereocenters. The van der Waals surface area contributed by atoms with E-state index in [-0.39, 0.29) is 18.3 Å². The molecule has 1 rings (SSSR count). The smallest absolute Gasteiger partial charge is 0.307 e. The Labute approximate surface area is 94.4 Å². The van der Waals surface area contributed by atoms with Crippen molar-refractivity contribution in [2.75, 3.05) is 20.2 Å². The van der Waals surface area contributed by atoms with Gasteiger partial charge in [-0.05, 0) is 13.0 Å². The first-order chi connectivity index (χ1) is 7.65. The van der Waals surface area contributed by atoms with Crippen LogP contribution in [0.4, 0.5) is 0 Å². The van der Waals surface area contributed by atoms with Gasteiger partial charge in [-0.25, -0.2) is 0 Å². The Morgan fingerprint density at radius 1 is 1.50 bits per heavy atom. The van der Waals surface area contributed by atoms with Crippen molar-refractivity contribution in [1.82, 2.24) is 9.88 Å². The molecule has 5 nitrogen and oxygen atoms in total. The van der Waals surface area contributed by atoms with E-state index in [4.69, 9.17) is 4.74 Å². The van der Waals surface area contributed by atoms with Crippen molar-refractivity contribution in [1.29, 1.82) is 0 Å². The molecule has 0 spiro atoms. The fourth-order valence-electron chi connectivity index (χ4n) is 1.27. The normalized spacial score (nSPS) is 9.88. The maximum atomic E-state index is 11.7. The van der Waals surface area contributed by atoms with Crippen LogP contribution in [-0.4, -0.2) is 42.0 Å². The highest BCUT2D eigenvalue weighted by Crippen LogP contribution is 2.02. The van der Waals surface area contributed by atoms with Crippen LogP contribution in [0.3, 0.4) is 0 Å². The highest BCUT2D eigenvalue weighted by atomic mass is 16.5. The summed E-state index contributed by atoms with van der Waals surface area (Å²) < 4.78 is 4.78. The lowest BCUT2D eigenvalue weighted by atomic mass is 10.3. The van der Waals surface area contributed by atoms with Crippen LogP contribution in [0.5, 0.6) is 0 Å². The van der Waals surface area contributed by atoms with Crippen LogP contribution in [-0.2, 0) is 9.53 Å². The van der Waals surface area contributed by atoms with Crippen molar-refractivity contribution in [3.05, 3.63) is 24.0 Å². The minimum atomic E-state index is -0.281. The Hall–Kier alpha value is -1.78. The number of H-pyrrole nitrogens is 1. The number of nitrogens with zero attached hydrogens (tertiary/aromatic N) is 1. The zero-order valence-corrected chi connectivity index (χ0v) is 9.53.